The Hall–Kier alpha value is -1.79. The number of fused-ring (bicyclic) bond motifs is 1. The van der Waals surface area contributed by atoms with Crippen molar-refractivity contribution in [2.75, 3.05) is 6.54 Å². The molecule has 3 heterocycles. The van der Waals surface area contributed by atoms with Gasteiger partial charge in [-0.25, -0.2) is 4.98 Å². The molecule has 0 aliphatic rings. The molecule has 0 bridgehead atoms. The fraction of sp³-hybridized carbons (Fsp3) is 0.357. The number of nitrogens with one attached hydrogen (secondary N) is 1. The zero-order chi connectivity index (χ0) is 13.9. The van der Waals surface area contributed by atoms with Crippen LogP contribution in [0.4, 0.5) is 0 Å². The van der Waals surface area contributed by atoms with E-state index in [9.17, 15) is 0 Å². The Balaban J connectivity index is 1.90. The summed E-state index contributed by atoms with van der Waals surface area (Å²) in [4.78, 5) is 8.83. The fourth-order valence-corrected chi connectivity index (χ4v) is 3.08. The van der Waals surface area contributed by atoms with Gasteiger partial charge in [0.05, 0.1) is 10.2 Å². The Morgan fingerprint density at radius 3 is 3.05 bits per heavy atom. The minimum atomic E-state index is 0.210. The lowest BCUT2D eigenvalue weighted by Crippen LogP contribution is -2.24. The molecule has 1 atom stereocenters. The van der Waals surface area contributed by atoms with Crippen molar-refractivity contribution in [3.8, 4) is 0 Å². The summed E-state index contributed by atoms with van der Waals surface area (Å²) in [5.41, 5.74) is 2.26. The number of likely N-dealkylation sites (N-methyl/N-ethyl adjacent to an activating group) is 1. The van der Waals surface area contributed by atoms with Gasteiger partial charge in [-0.1, -0.05) is 6.92 Å². The highest BCUT2D eigenvalue weighted by atomic mass is 32.1. The van der Waals surface area contributed by atoms with Crippen LogP contribution >= 0.6 is 11.3 Å². The standard InChI is InChI=1S/C14H17N5S/c1-3-15-12(7-14-17-9-18-19(14)2)10-6-13-11(16-8-10)4-5-20-13/h4-6,8-9,12,15H,3,7H2,1-2H3. The second-order valence-electron chi connectivity index (χ2n) is 4.69. The van der Waals surface area contributed by atoms with E-state index < -0.39 is 0 Å². The number of thiophene rings is 1. The van der Waals surface area contributed by atoms with E-state index in [-0.39, 0.29) is 6.04 Å². The van der Waals surface area contributed by atoms with Crippen molar-refractivity contribution in [2.24, 2.45) is 7.05 Å². The first kappa shape index (κ1) is 13.2. The maximum absolute atomic E-state index is 4.52. The Morgan fingerprint density at radius 2 is 2.30 bits per heavy atom. The molecule has 0 amide bonds. The molecule has 0 aliphatic carbocycles. The summed E-state index contributed by atoms with van der Waals surface area (Å²) in [6, 6.07) is 4.48. The summed E-state index contributed by atoms with van der Waals surface area (Å²) in [7, 11) is 1.92. The molecular weight excluding hydrogens is 270 g/mol. The van der Waals surface area contributed by atoms with E-state index in [0.29, 0.717) is 0 Å². The van der Waals surface area contributed by atoms with Crippen LogP contribution in [0.3, 0.4) is 0 Å². The quantitative estimate of drug-likeness (QED) is 0.782. The van der Waals surface area contributed by atoms with Crippen molar-refractivity contribution in [2.45, 2.75) is 19.4 Å². The number of aromatic nitrogens is 4. The average molecular weight is 287 g/mol. The Bertz CT molecular complexity index is 702. The van der Waals surface area contributed by atoms with Crippen LogP contribution in [-0.4, -0.2) is 26.3 Å². The predicted octanol–water partition coefficient (Wildman–Crippen LogP) is 2.32. The Morgan fingerprint density at radius 1 is 1.40 bits per heavy atom. The lowest BCUT2D eigenvalue weighted by molar-refractivity contribution is 0.521. The van der Waals surface area contributed by atoms with Crippen molar-refractivity contribution >= 4 is 21.6 Å². The fourth-order valence-electron chi connectivity index (χ4n) is 2.29. The third-order valence-corrected chi connectivity index (χ3v) is 4.22. The largest absolute Gasteiger partial charge is 0.310 e. The molecule has 3 aromatic rings. The number of hydrogen-bond donors (Lipinski definition) is 1. The first-order chi connectivity index (χ1) is 9.78. The van der Waals surface area contributed by atoms with Gasteiger partial charge in [0.1, 0.15) is 12.2 Å². The molecule has 6 heteroatoms. The first-order valence-electron chi connectivity index (χ1n) is 6.67. The maximum Gasteiger partial charge on any atom is 0.138 e. The van der Waals surface area contributed by atoms with Crippen LogP contribution in [0, 0.1) is 0 Å². The van der Waals surface area contributed by atoms with Crippen LogP contribution in [0.1, 0.15) is 24.4 Å². The molecule has 0 aromatic carbocycles. The summed E-state index contributed by atoms with van der Waals surface area (Å²) >= 11 is 1.72. The normalized spacial score (nSPS) is 12.9. The number of aryl methyl sites for hydroxylation is 1. The predicted molar refractivity (Wildman–Crippen MR) is 80.7 cm³/mol. The highest BCUT2D eigenvalue weighted by molar-refractivity contribution is 7.17. The smallest absolute Gasteiger partial charge is 0.138 e. The zero-order valence-electron chi connectivity index (χ0n) is 11.6. The van der Waals surface area contributed by atoms with Gasteiger partial charge in [0.2, 0.25) is 0 Å². The number of hydrogen-bond acceptors (Lipinski definition) is 5. The van der Waals surface area contributed by atoms with Gasteiger partial charge in [0.15, 0.2) is 0 Å². The van der Waals surface area contributed by atoms with Crippen LogP contribution < -0.4 is 5.32 Å². The highest BCUT2D eigenvalue weighted by Crippen LogP contribution is 2.24. The lowest BCUT2D eigenvalue weighted by Gasteiger charge is -2.17. The van der Waals surface area contributed by atoms with Crippen molar-refractivity contribution in [3.05, 3.63) is 41.4 Å². The number of rotatable bonds is 5. The van der Waals surface area contributed by atoms with Crippen molar-refractivity contribution in [3.63, 3.8) is 0 Å². The second-order valence-corrected chi connectivity index (χ2v) is 5.63. The molecule has 3 rings (SSSR count). The van der Waals surface area contributed by atoms with Crippen molar-refractivity contribution < 1.29 is 0 Å². The third-order valence-electron chi connectivity index (χ3n) is 3.37. The molecule has 1 N–H and O–H groups in total. The molecule has 20 heavy (non-hydrogen) atoms. The summed E-state index contributed by atoms with van der Waals surface area (Å²) in [5, 5.41) is 9.71. The van der Waals surface area contributed by atoms with Gasteiger partial charge in [-0.2, -0.15) is 5.10 Å². The first-order valence-corrected chi connectivity index (χ1v) is 7.55. The van der Waals surface area contributed by atoms with Crippen LogP contribution in [0.5, 0.6) is 0 Å². The maximum atomic E-state index is 4.52. The molecule has 0 fully saturated rings. The molecule has 0 saturated heterocycles. The minimum absolute atomic E-state index is 0.210. The van der Waals surface area contributed by atoms with Crippen LogP contribution in [0.2, 0.25) is 0 Å². The highest BCUT2D eigenvalue weighted by Gasteiger charge is 2.15. The van der Waals surface area contributed by atoms with Gasteiger partial charge < -0.3 is 5.32 Å². The van der Waals surface area contributed by atoms with Gasteiger partial charge >= 0.3 is 0 Å². The molecule has 0 radical (unpaired) electrons. The number of pyridine rings is 1. The molecule has 0 aliphatic heterocycles. The molecular formula is C14H17N5S. The second kappa shape index (κ2) is 5.68. The molecule has 0 spiro atoms. The third kappa shape index (κ3) is 2.57. The molecule has 3 aromatic heterocycles. The summed E-state index contributed by atoms with van der Waals surface area (Å²) in [5.74, 6) is 0.974. The Kier molecular flexibility index (Phi) is 3.75. The SMILES string of the molecule is CCNC(Cc1ncnn1C)c1cnc2ccsc2c1. The molecule has 104 valence electrons. The van der Waals surface area contributed by atoms with Crippen LogP contribution in [0.15, 0.2) is 30.0 Å². The van der Waals surface area contributed by atoms with Gasteiger partial charge in [0, 0.05) is 25.7 Å². The summed E-state index contributed by atoms with van der Waals surface area (Å²) < 4.78 is 3.05. The topological polar surface area (TPSA) is 55.6 Å². The summed E-state index contributed by atoms with van der Waals surface area (Å²) in [6.07, 6.45) is 4.36. The van der Waals surface area contributed by atoms with E-state index in [1.54, 1.807) is 17.7 Å². The lowest BCUT2D eigenvalue weighted by atomic mass is 10.1. The van der Waals surface area contributed by atoms with Crippen molar-refractivity contribution in [1.82, 2.24) is 25.1 Å². The van der Waals surface area contributed by atoms with E-state index >= 15 is 0 Å². The van der Waals surface area contributed by atoms with E-state index in [4.69, 9.17) is 0 Å². The van der Waals surface area contributed by atoms with E-state index in [1.165, 1.54) is 10.3 Å². The van der Waals surface area contributed by atoms with Crippen LogP contribution in [-0.2, 0) is 13.5 Å². The van der Waals surface area contributed by atoms with E-state index in [2.05, 4.69) is 44.8 Å². The Labute approximate surface area is 121 Å². The van der Waals surface area contributed by atoms with Crippen molar-refractivity contribution in [1.29, 1.82) is 0 Å². The molecule has 5 nitrogen and oxygen atoms in total. The van der Waals surface area contributed by atoms with Gasteiger partial charge in [-0.15, -0.1) is 11.3 Å². The van der Waals surface area contributed by atoms with Crippen LogP contribution in [0.25, 0.3) is 10.2 Å². The minimum Gasteiger partial charge on any atom is -0.310 e. The summed E-state index contributed by atoms with van der Waals surface area (Å²) in [6.45, 7) is 3.02. The number of nitrogens with zero attached hydrogens (tertiary/aromatic N) is 4. The molecule has 1 unspecified atom stereocenters. The average Bonchev–Trinajstić information content (AvgIpc) is 3.06. The monoisotopic (exact) mass is 287 g/mol. The van der Waals surface area contributed by atoms with Gasteiger partial charge in [-0.05, 0) is 29.6 Å². The van der Waals surface area contributed by atoms with Gasteiger partial charge in [-0.3, -0.25) is 9.67 Å². The van der Waals surface area contributed by atoms with Gasteiger partial charge in [0.25, 0.3) is 0 Å². The molecule has 0 saturated carbocycles. The zero-order valence-corrected chi connectivity index (χ0v) is 12.4. The van der Waals surface area contributed by atoms with E-state index in [0.717, 1.165) is 24.3 Å². The van der Waals surface area contributed by atoms with E-state index in [1.807, 2.05) is 17.9 Å².